The van der Waals surface area contributed by atoms with Gasteiger partial charge in [0.1, 0.15) is 5.60 Å². The number of carbonyl (C=O) groups is 1. The van der Waals surface area contributed by atoms with Gasteiger partial charge in [0.05, 0.1) is 5.60 Å². The fourth-order valence-corrected chi connectivity index (χ4v) is 3.12. The van der Waals surface area contributed by atoms with E-state index in [1.807, 2.05) is 20.8 Å². The van der Waals surface area contributed by atoms with Crippen LogP contribution in [0.2, 0.25) is 0 Å². The van der Waals surface area contributed by atoms with Crippen molar-refractivity contribution in [1.82, 2.24) is 5.32 Å². The Morgan fingerprint density at radius 1 is 1.18 bits per heavy atom. The first-order valence-corrected chi connectivity index (χ1v) is 6.35. The van der Waals surface area contributed by atoms with Gasteiger partial charge in [-0.25, -0.2) is 4.79 Å². The van der Waals surface area contributed by atoms with Crippen molar-refractivity contribution in [3.05, 3.63) is 0 Å². The molecule has 4 nitrogen and oxygen atoms in total. The molecule has 2 rings (SSSR count). The lowest BCUT2D eigenvalue weighted by molar-refractivity contribution is -0.000315. The Labute approximate surface area is 103 Å². The number of ether oxygens (including phenoxy) is 2. The molecule has 0 aliphatic heterocycles. The maximum atomic E-state index is 11.8. The monoisotopic (exact) mass is 241 g/mol. The van der Waals surface area contributed by atoms with Gasteiger partial charge in [0, 0.05) is 12.6 Å². The molecule has 2 aliphatic carbocycles. The van der Waals surface area contributed by atoms with Crippen molar-refractivity contribution >= 4 is 6.09 Å². The lowest BCUT2D eigenvalue weighted by atomic mass is 9.93. The molecule has 0 unspecified atom stereocenters. The summed E-state index contributed by atoms with van der Waals surface area (Å²) in [6.45, 7) is 5.65. The first kappa shape index (κ1) is 12.7. The second-order valence-corrected chi connectivity index (χ2v) is 6.47. The van der Waals surface area contributed by atoms with Crippen LogP contribution in [0.5, 0.6) is 0 Å². The number of methoxy groups -OCH3 is 1. The van der Waals surface area contributed by atoms with Crippen LogP contribution in [-0.4, -0.2) is 29.9 Å². The predicted octanol–water partition coefficient (Wildman–Crippen LogP) is 2.61. The molecule has 0 spiro atoms. The summed E-state index contributed by atoms with van der Waals surface area (Å²) in [6, 6.07) is 0. The van der Waals surface area contributed by atoms with Crippen LogP contribution in [0.1, 0.15) is 52.9 Å². The van der Waals surface area contributed by atoms with E-state index in [1.54, 1.807) is 7.11 Å². The summed E-state index contributed by atoms with van der Waals surface area (Å²) in [5, 5.41) is 3.06. The quantitative estimate of drug-likeness (QED) is 0.808. The van der Waals surface area contributed by atoms with Crippen LogP contribution >= 0.6 is 0 Å². The molecule has 0 aromatic heterocycles. The van der Waals surface area contributed by atoms with Crippen LogP contribution in [0.15, 0.2) is 0 Å². The smallest absolute Gasteiger partial charge is 0.408 e. The van der Waals surface area contributed by atoms with Crippen molar-refractivity contribution in [3.8, 4) is 0 Å². The maximum Gasteiger partial charge on any atom is 0.408 e. The van der Waals surface area contributed by atoms with Gasteiger partial charge in [0.15, 0.2) is 0 Å². The van der Waals surface area contributed by atoms with E-state index < -0.39 is 5.60 Å². The van der Waals surface area contributed by atoms with Crippen molar-refractivity contribution in [2.45, 2.75) is 69.6 Å². The SMILES string of the molecule is COC12CCC(NC(=O)OC(C)(C)C)(CC1)C2. The number of nitrogens with one attached hydrogen (secondary N) is 1. The van der Waals surface area contributed by atoms with Gasteiger partial charge in [-0.1, -0.05) is 0 Å². The molecule has 0 aromatic carbocycles. The van der Waals surface area contributed by atoms with E-state index in [0.717, 1.165) is 32.1 Å². The first-order valence-electron chi connectivity index (χ1n) is 6.35. The third-order valence-electron chi connectivity index (χ3n) is 3.98. The predicted molar refractivity (Wildman–Crippen MR) is 64.9 cm³/mol. The molecule has 0 heterocycles. The minimum Gasteiger partial charge on any atom is -0.444 e. The molecule has 0 saturated heterocycles. The minimum absolute atomic E-state index is 0.00894. The van der Waals surface area contributed by atoms with Gasteiger partial charge in [-0.15, -0.1) is 0 Å². The fourth-order valence-electron chi connectivity index (χ4n) is 3.12. The zero-order valence-electron chi connectivity index (χ0n) is 11.3. The zero-order chi connectivity index (χ0) is 12.7. The largest absolute Gasteiger partial charge is 0.444 e. The highest BCUT2D eigenvalue weighted by molar-refractivity contribution is 5.69. The highest BCUT2D eigenvalue weighted by Crippen LogP contribution is 2.52. The molecule has 1 N–H and O–H groups in total. The zero-order valence-corrected chi connectivity index (χ0v) is 11.3. The van der Waals surface area contributed by atoms with E-state index >= 15 is 0 Å². The van der Waals surface area contributed by atoms with E-state index in [2.05, 4.69) is 5.32 Å². The molecule has 2 saturated carbocycles. The lowest BCUT2D eigenvalue weighted by Crippen LogP contribution is -2.47. The van der Waals surface area contributed by atoms with Crippen molar-refractivity contribution in [2.24, 2.45) is 0 Å². The van der Waals surface area contributed by atoms with Gasteiger partial charge < -0.3 is 14.8 Å². The topological polar surface area (TPSA) is 47.6 Å². The fraction of sp³-hybridized carbons (Fsp3) is 0.923. The molecular formula is C13H23NO3. The normalized spacial score (nSPS) is 36.0. The van der Waals surface area contributed by atoms with Gasteiger partial charge in [-0.2, -0.15) is 0 Å². The Morgan fingerprint density at radius 3 is 2.18 bits per heavy atom. The van der Waals surface area contributed by atoms with Crippen LogP contribution in [0.3, 0.4) is 0 Å². The van der Waals surface area contributed by atoms with E-state index in [1.165, 1.54) is 0 Å². The highest BCUT2D eigenvalue weighted by Gasteiger charge is 2.55. The third kappa shape index (κ3) is 2.57. The van der Waals surface area contributed by atoms with Gasteiger partial charge in [0.25, 0.3) is 0 Å². The van der Waals surface area contributed by atoms with E-state index in [4.69, 9.17) is 9.47 Å². The highest BCUT2D eigenvalue weighted by atomic mass is 16.6. The number of carbonyl (C=O) groups excluding carboxylic acids is 1. The van der Waals surface area contributed by atoms with Crippen molar-refractivity contribution < 1.29 is 14.3 Å². The van der Waals surface area contributed by atoms with Crippen molar-refractivity contribution in [3.63, 3.8) is 0 Å². The average Bonchev–Trinajstić information content (AvgIpc) is 2.70. The Bertz CT molecular complexity index is 311. The second kappa shape index (κ2) is 3.87. The van der Waals surface area contributed by atoms with Gasteiger partial charge in [-0.3, -0.25) is 0 Å². The summed E-state index contributed by atoms with van der Waals surface area (Å²) in [4.78, 5) is 11.8. The Morgan fingerprint density at radius 2 is 1.76 bits per heavy atom. The number of rotatable bonds is 2. The molecule has 17 heavy (non-hydrogen) atoms. The molecule has 1 amide bonds. The number of amides is 1. The van der Waals surface area contributed by atoms with Gasteiger partial charge >= 0.3 is 6.09 Å². The van der Waals surface area contributed by atoms with E-state index in [9.17, 15) is 4.79 Å². The van der Waals surface area contributed by atoms with Crippen molar-refractivity contribution in [2.75, 3.05) is 7.11 Å². The van der Waals surface area contributed by atoms with Gasteiger partial charge in [0.2, 0.25) is 0 Å². The number of hydrogen-bond acceptors (Lipinski definition) is 3. The molecule has 2 fully saturated rings. The number of hydrogen-bond donors (Lipinski definition) is 1. The molecule has 2 bridgehead atoms. The van der Waals surface area contributed by atoms with Gasteiger partial charge in [-0.05, 0) is 52.9 Å². The van der Waals surface area contributed by atoms with E-state index in [0.29, 0.717) is 0 Å². The second-order valence-electron chi connectivity index (χ2n) is 6.47. The third-order valence-corrected chi connectivity index (χ3v) is 3.98. The molecule has 0 atom stereocenters. The van der Waals surface area contributed by atoms with Crippen LogP contribution < -0.4 is 5.32 Å². The summed E-state index contributed by atoms with van der Waals surface area (Å²) in [5.74, 6) is 0. The Balaban J connectivity index is 1.95. The summed E-state index contributed by atoms with van der Waals surface area (Å²) >= 11 is 0. The molecule has 4 heteroatoms. The number of fused-ring (bicyclic) bond motifs is 2. The Hall–Kier alpha value is -0.770. The van der Waals surface area contributed by atoms with E-state index in [-0.39, 0.29) is 17.2 Å². The first-order chi connectivity index (χ1) is 7.78. The van der Waals surface area contributed by atoms with Crippen molar-refractivity contribution in [1.29, 1.82) is 0 Å². The molecule has 98 valence electrons. The standard InChI is InChI=1S/C13H23NO3/c1-11(2,3)17-10(15)14-12-5-7-13(9-12,16-4)8-6-12/h5-9H2,1-4H3,(H,14,15). The molecule has 0 radical (unpaired) electrons. The lowest BCUT2D eigenvalue weighted by Gasteiger charge is -2.29. The van der Waals surface area contributed by atoms with Crippen LogP contribution in [-0.2, 0) is 9.47 Å². The Kier molecular flexibility index (Phi) is 2.89. The van der Waals surface area contributed by atoms with Crippen LogP contribution in [0, 0.1) is 0 Å². The summed E-state index contributed by atoms with van der Waals surface area (Å²) < 4.78 is 10.9. The van der Waals surface area contributed by atoms with Crippen LogP contribution in [0.4, 0.5) is 4.79 Å². The average molecular weight is 241 g/mol. The molecule has 2 aliphatic rings. The summed E-state index contributed by atoms with van der Waals surface area (Å²) in [7, 11) is 1.77. The number of alkyl carbamates (subject to hydrolysis) is 1. The maximum absolute atomic E-state index is 11.8. The molecule has 0 aromatic rings. The van der Waals surface area contributed by atoms with Crippen LogP contribution in [0.25, 0.3) is 0 Å². The minimum atomic E-state index is -0.434. The summed E-state index contributed by atoms with van der Waals surface area (Å²) in [6.07, 6.45) is 4.71. The molecular weight excluding hydrogens is 218 g/mol. The summed E-state index contributed by atoms with van der Waals surface area (Å²) in [5.41, 5.74) is -0.510.